The summed E-state index contributed by atoms with van der Waals surface area (Å²) in [5, 5.41) is 14.0. The smallest absolute Gasteiger partial charge is 0.480 e. The van der Waals surface area contributed by atoms with Gasteiger partial charge < -0.3 is 48.4 Å². The minimum Gasteiger partial charge on any atom is -0.480 e. The third kappa shape index (κ3) is 8.68. The van der Waals surface area contributed by atoms with Crippen molar-refractivity contribution in [2.24, 2.45) is 0 Å². The van der Waals surface area contributed by atoms with Gasteiger partial charge in [-0.2, -0.15) is 0 Å². The van der Waals surface area contributed by atoms with Crippen molar-refractivity contribution in [3.05, 3.63) is 114 Å². The summed E-state index contributed by atoms with van der Waals surface area (Å²) in [6.07, 6.45) is -2.74. The molecule has 0 radical (unpaired) electrons. The fraction of sp³-hybridized carbons (Fsp3) is 0.333. The number of carboxylic acids is 1. The molecule has 23 heteroatoms. The molecule has 7 rings (SSSR count). The first-order valence-corrected chi connectivity index (χ1v) is 20.6. The topological polar surface area (TPSA) is 291 Å². The Balaban J connectivity index is 1.20. The van der Waals surface area contributed by atoms with Gasteiger partial charge in [-0.05, 0) is 62.9 Å². The minimum absolute atomic E-state index is 0.0290. The van der Waals surface area contributed by atoms with Crippen LogP contribution in [0, 0.1) is 0 Å². The van der Waals surface area contributed by atoms with Crippen molar-refractivity contribution in [2.45, 2.75) is 73.9 Å². The number of benzene rings is 3. The van der Waals surface area contributed by atoms with E-state index in [0.717, 1.165) is 18.8 Å². The highest BCUT2D eigenvalue weighted by atomic mass is 32.2. The van der Waals surface area contributed by atoms with Crippen LogP contribution in [0.15, 0.2) is 94.7 Å². The Morgan fingerprint density at radius 2 is 1.35 bits per heavy atom. The third-order valence-electron chi connectivity index (χ3n) is 10.8. The minimum atomic E-state index is -1.74. The number of para-hydroxylation sites is 2. The van der Waals surface area contributed by atoms with Crippen LogP contribution in [-0.4, -0.2) is 91.6 Å². The van der Waals surface area contributed by atoms with Gasteiger partial charge in [0, 0.05) is 11.3 Å². The van der Waals surface area contributed by atoms with E-state index < -0.39 is 98.5 Å². The lowest BCUT2D eigenvalue weighted by atomic mass is 9.95. The number of fused-ring (bicyclic) bond motifs is 3. The van der Waals surface area contributed by atoms with Crippen LogP contribution in [0.3, 0.4) is 0 Å². The molecule has 3 N–H and O–H groups in total. The normalized spacial score (nSPS) is 18.2. The Hall–Kier alpha value is -7.69. The highest BCUT2D eigenvalue weighted by Gasteiger charge is 2.64. The van der Waals surface area contributed by atoms with Crippen molar-refractivity contribution < 1.29 is 61.7 Å². The molecule has 65 heavy (non-hydrogen) atoms. The van der Waals surface area contributed by atoms with E-state index in [9.17, 15) is 53.1 Å². The van der Waals surface area contributed by atoms with Gasteiger partial charge in [0.25, 0.3) is 11.1 Å². The first-order valence-electron chi connectivity index (χ1n) is 19.7. The lowest BCUT2D eigenvalue weighted by molar-refractivity contribution is -0.161. The average molecular weight is 918 g/mol. The number of amides is 3. The van der Waals surface area contributed by atoms with Crippen LogP contribution in [-0.2, 0) is 35.2 Å². The predicted octanol–water partition coefficient (Wildman–Crippen LogP) is 2.41. The van der Waals surface area contributed by atoms with E-state index in [1.165, 1.54) is 65.2 Å². The van der Waals surface area contributed by atoms with Gasteiger partial charge in [-0.3, -0.25) is 24.0 Å². The van der Waals surface area contributed by atoms with Gasteiger partial charge in [0.15, 0.2) is 22.7 Å². The zero-order valence-corrected chi connectivity index (χ0v) is 35.6. The maximum Gasteiger partial charge on any atom is 0.513 e. The molecular weight excluding hydrogens is 879 g/mol. The van der Waals surface area contributed by atoms with Gasteiger partial charge in [0.1, 0.15) is 29.5 Å². The van der Waals surface area contributed by atoms with Crippen molar-refractivity contribution in [2.75, 3.05) is 14.2 Å². The number of thioether (sulfide) groups is 1. The zero-order chi connectivity index (χ0) is 46.9. The largest absolute Gasteiger partial charge is 0.513 e. The van der Waals surface area contributed by atoms with Crippen LogP contribution in [0.4, 0.5) is 9.59 Å². The Kier molecular flexibility index (Phi) is 12.7. The summed E-state index contributed by atoms with van der Waals surface area (Å²) in [5.41, 5.74) is -2.38. The van der Waals surface area contributed by atoms with Crippen molar-refractivity contribution in [1.82, 2.24) is 24.7 Å². The van der Waals surface area contributed by atoms with Crippen molar-refractivity contribution >= 4 is 69.7 Å². The molecular formula is C42H39N5O17S. The molecule has 5 unspecified atom stereocenters. The second kappa shape index (κ2) is 18.2. The molecule has 2 fully saturated rings. The fourth-order valence-corrected chi connectivity index (χ4v) is 9.36. The number of nitrogens with one attached hydrogen (secondary N) is 2. The number of nitrogens with zero attached hydrogens (tertiary/aromatic N) is 3. The third-order valence-corrected chi connectivity index (χ3v) is 12.3. The summed E-state index contributed by atoms with van der Waals surface area (Å²) < 4.78 is 30.2. The average Bonchev–Trinajstić information content (AvgIpc) is 3.54. The van der Waals surface area contributed by atoms with E-state index in [2.05, 4.69) is 20.1 Å². The van der Waals surface area contributed by atoms with Gasteiger partial charge >= 0.3 is 29.8 Å². The Morgan fingerprint density at radius 1 is 0.769 bits per heavy atom. The number of carbonyl (C=O) groups excluding carboxylic acids is 5. The molecule has 0 bridgehead atoms. The van der Waals surface area contributed by atoms with E-state index in [1.54, 1.807) is 32.0 Å². The maximum atomic E-state index is 14.6. The molecule has 340 valence electrons. The molecule has 5 aromatic rings. The van der Waals surface area contributed by atoms with Crippen LogP contribution in [0.5, 0.6) is 11.5 Å². The van der Waals surface area contributed by atoms with Crippen LogP contribution < -0.4 is 42.7 Å². The number of methoxy groups -OCH3 is 2. The predicted molar refractivity (Wildman–Crippen MR) is 225 cm³/mol. The van der Waals surface area contributed by atoms with Gasteiger partial charge in [-0.1, -0.05) is 42.5 Å². The van der Waals surface area contributed by atoms with E-state index in [-0.39, 0.29) is 59.2 Å². The Morgan fingerprint density at radius 3 is 1.94 bits per heavy atom. The Bertz CT molecular complexity index is 3000. The number of ether oxygens (including phenoxy) is 4. The number of unbranched alkanes of at least 4 members (excludes halogenated alkanes) is 1. The zero-order valence-electron chi connectivity index (χ0n) is 34.8. The number of aromatic nitrogens is 2. The summed E-state index contributed by atoms with van der Waals surface area (Å²) >= 11 is 1.19. The molecule has 3 amide bonds. The molecule has 22 nitrogen and oxygen atoms in total. The standard InChI is InChI=1S/C42H39N5O17S/c1-42(2)30(37(53)54)47-35(52)27(36(47)65-42)44-32(49)26(20-12-6-5-7-13-20)43-31(48)23(46-34(51)22-15-11-18-25(62-41(58)60-4)29(22)64-39(46)56)16-8-9-19-45-33(50)21-14-10-17-24(61-40(57)59-3)28(21)63-38(45)55/h5-7,10-15,17-18,23,26-27,30,36H,8-9,16,19H2,1-4H3,(H,43,48)(H,44,49)(H,53,54). The lowest BCUT2D eigenvalue weighted by Gasteiger charge is -2.44. The second-order valence-electron chi connectivity index (χ2n) is 15.2. The SMILES string of the molecule is COC(=O)Oc1cccc2c(=O)n(CCCCC(C(=O)NC(C(=O)NC3C(=O)N4C3SC(C)(C)C4C(=O)O)c3ccccc3)n3c(=O)oc4c(OC(=O)OC)cccc4c3=O)c(=O)oc12. The summed E-state index contributed by atoms with van der Waals surface area (Å²) in [6.45, 7) is 3.05. The summed E-state index contributed by atoms with van der Waals surface area (Å²) in [5.74, 6) is -6.84. The van der Waals surface area contributed by atoms with E-state index in [1.807, 2.05) is 0 Å². The number of aliphatic carboxylic acids is 1. The van der Waals surface area contributed by atoms with Gasteiger partial charge in [0.05, 0.1) is 25.0 Å². The molecule has 0 saturated carbocycles. The molecule has 3 aromatic carbocycles. The monoisotopic (exact) mass is 917 g/mol. The van der Waals surface area contributed by atoms with Crippen LogP contribution in [0.1, 0.15) is 50.8 Å². The van der Waals surface area contributed by atoms with Gasteiger partial charge in [-0.25, -0.2) is 33.1 Å². The number of carboxylic acid groups (broad SMARTS) is 1. The first-order chi connectivity index (χ1) is 31.0. The highest BCUT2D eigenvalue weighted by molar-refractivity contribution is 8.01. The fourth-order valence-electron chi connectivity index (χ4n) is 7.74. The quantitative estimate of drug-likeness (QED) is 0.0624. The number of β-lactam (4-membered cyclic amide) rings is 1. The molecule has 4 heterocycles. The summed E-state index contributed by atoms with van der Waals surface area (Å²) in [6, 6.07) is 10.0. The molecule has 2 aliphatic rings. The number of hydrogen-bond donors (Lipinski definition) is 3. The molecule has 2 aliphatic heterocycles. The van der Waals surface area contributed by atoms with Gasteiger partial charge in [0.2, 0.25) is 17.7 Å². The number of carbonyl (C=O) groups is 6. The van der Waals surface area contributed by atoms with Crippen molar-refractivity contribution in [3.63, 3.8) is 0 Å². The number of hydrogen-bond acceptors (Lipinski definition) is 17. The lowest BCUT2D eigenvalue weighted by Crippen LogP contribution is -2.71. The van der Waals surface area contributed by atoms with Gasteiger partial charge in [-0.15, -0.1) is 11.8 Å². The first kappa shape index (κ1) is 45.3. The Labute approximate surface area is 369 Å². The molecule has 5 atom stereocenters. The van der Waals surface area contributed by atoms with Crippen LogP contribution >= 0.6 is 11.8 Å². The maximum absolute atomic E-state index is 14.6. The van der Waals surface area contributed by atoms with Crippen LogP contribution in [0.2, 0.25) is 0 Å². The van der Waals surface area contributed by atoms with Crippen molar-refractivity contribution in [1.29, 1.82) is 0 Å². The highest BCUT2D eigenvalue weighted by Crippen LogP contribution is 2.50. The summed E-state index contributed by atoms with van der Waals surface area (Å²) in [4.78, 5) is 133. The van der Waals surface area contributed by atoms with E-state index >= 15 is 0 Å². The molecule has 2 saturated heterocycles. The number of rotatable bonds is 14. The van der Waals surface area contributed by atoms with Crippen LogP contribution in [0.25, 0.3) is 21.9 Å². The summed E-state index contributed by atoms with van der Waals surface area (Å²) in [7, 11) is 2.10. The van der Waals surface area contributed by atoms with E-state index in [4.69, 9.17) is 18.3 Å². The van der Waals surface area contributed by atoms with Crippen molar-refractivity contribution in [3.8, 4) is 11.5 Å². The van der Waals surface area contributed by atoms with E-state index in [0.29, 0.717) is 4.57 Å². The second-order valence-corrected chi connectivity index (χ2v) is 17.0. The molecule has 0 spiro atoms. The molecule has 0 aliphatic carbocycles. The molecule has 2 aromatic heterocycles.